The number of nitrogens with zero attached hydrogens (tertiary/aromatic N) is 1. The second-order valence-corrected chi connectivity index (χ2v) is 7.40. The average molecular weight is 427 g/mol. The second-order valence-electron chi connectivity index (χ2n) is 7.40. The number of benzene rings is 2. The fourth-order valence-corrected chi connectivity index (χ4v) is 2.85. The molecule has 3 N–H and O–H groups in total. The summed E-state index contributed by atoms with van der Waals surface area (Å²) in [7, 11) is 3.27. The van der Waals surface area contributed by atoms with Crippen LogP contribution in [0.3, 0.4) is 0 Å². The predicted molar refractivity (Wildman–Crippen MR) is 126 cm³/mol. The first-order chi connectivity index (χ1) is 15.0. The summed E-state index contributed by atoms with van der Waals surface area (Å²) in [6, 6.07) is 13.7. The Morgan fingerprint density at radius 3 is 2.26 bits per heavy atom. The van der Waals surface area contributed by atoms with Gasteiger partial charge in [-0.3, -0.25) is 4.79 Å². The Hall–Kier alpha value is -3.22. The van der Waals surface area contributed by atoms with Crippen molar-refractivity contribution in [1.29, 1.82) is 0 Å². The van der Waals surface area contributed by atoms with Crippen molar-refractivity contribution < 1.29 is 14.3 Å². The molecular formula is C24H34N4O3. The molecule has 0 radical (unpaired) electrons. The van der Waals surface area contributed by atoms with Gasteiger partial charge in [-0.1, -0.05) is 32.0 Å². The molecule has 1 amide bonds. The molecule has 2 rings (SSSR count). The van der Waals surface area contributed by atoms with E-state index in [0.29, 0.717) is 6.54 Å². The lowest BCUT2D eigenvalue weighted by Gasteiger charge is -2.13. The van der Waals surface area contributed by atoms with Crippen molar-refractivity contribution in [2.24, 2.45) is 10.9 Å². The lowest BCUT2D eigenvalue weighted by atomic mass is 10.1. The predicted octanol–water partition coefficient (Wildman–Crippen LogP) is 3.60. The fourth-order valence-electron chi connectivity index (χ4n) is 2.85. The maximum absolute atomic E-state index is 11.8. The van der Waals surface area contributed by atoms with Crippen LogP contribution >= 0.6 is 0 Å². The number of carbonyl (C=O) groups excluding carboxylic acids is 1. The van der Waals surface area contributed by atoms with Gasteiger partial charge in [0, 0.05) is 24.7 Å². The lowest BCUT2D eigenvalue weighted by molar-refractivity contribution is -0.118. The number of ether oxygens (including phenoxy) is 2. The van der Waals surface area contributed by atoms with Crippen LogP contribution in [-0.4, -0.2) is 39.2 Å². The van der Waals surface area contributed by atoms with Crippen LogP contribution in [0.2, 0.25) is 0 Å². The summed E-state index contributed by atoms with van der Waals surface area (Å²) in [4.78, 5) is 16.4. The Labute approximate surface area is 185 Å². The summed E-state index contributed by atoms with van der Waals surface area (Å²) in [6.07, 6.45) is 0.828. The molecule has 0 aliphatic carbocycles. The van der Waals surface area contributed by atoms with E-state index in [-0.39, 0.29) is 11.8 Å². The van der Waals surface area contributed by atoms with Gasteiger partial charge < -0.3 is 25.4 Å². The number of amides is 1. The number of rotatable bonds is 10. The zero-order valence-corrected chi connectivity index (χ0v) is 19.1. The monoisotopic (exact) mass is 426 g/mol. The van der Waals surface area contributed by atoms with E-state index in [0.717, 1.165) is 53.8 Å². The Morgan fingerprint density at radius 1 is 0.968 bits per heavy atom. The van der Waals surface area contributed by atoms with Crippen molar-refractivity contribution in [2.45, 2.75) is 33.7 Å². The van der Waals surface area contributed by atoms with E-state index in [4.69, 9.17) is 9.47 Å². The van der Waals surface area contributed by atoms with E-state index in [1.165, 1.54) is 0 Å². The number of carbonyl (C=O) groups is 1. The minimum Gasteiger partial charge on any atom is -0.493 e. The standard InChI is InChI=1S/C24H34N4O3/c1-6-25-24(26-14-13-18-9-12-21(30-4)22(15-18)31-5)27-16-19-7-10-20(11-8-19)28-23(29)17(2)3/h7-12,15,17H,6,13-14,16H2,1-5H3,(H,28,29)(H2,25,26,27). The van der Waals surface area contributed by atoms with Gasteiger partial charge in [-0.2, -0.15) is 0 Å². The molecule has 0 atom stereocenters. The van der Waals surface area contributed by atoms with Crippen molar-refractivity contribution in [3.63, 3.8) is 0 Å². The van der Waals surface area contributed by atoms with Gasteiger partial charge >= 0.3 is 0 Å². The van der Waals surface area contributed by atoms with Crippen molar-refractivity contribution in [2.75, 3.05) is 32.6 Å². The van der Waals surface area contributed by atoms with Gasteiger partial charge in [0.25, 0.3) is 0 Å². The molecular weight excluding hydrogens is 392 g/mol. The lowest BCUT2D eigenvalue weighted by Crippen LogP contribution is -2.38. The van der Waals surface area contributed by atoms with Crippen molar-refractivity contribution in [3.8, 4) is 11.5 Å². The third kappa shape index (κ3) is 7.85. The Balaban J connectivity index is 1.91. The molecule has 0 heterocycles. The van der Waals surface area contributed by atoms with E-state index in [2.05, 4.69) is 20.9 Å². The topological polar surface area (TPSA) is 84.0 Å². The molecule has 31 heavy (non-hydrogen) atoms. The van der Waals surface area contributed by atoms with Gasteiger partial charge in [0.15, 0.2) is 17.5 Å². The number of anilines is 1. The summed E-state index contributed by atoms with van der Waals surface area (Å²) in [5.74, 6) is 2.19. The van der Waals surface area contributed by atoms with Crippen molar-refractivity contribution in [3.05, 3.63) is 53.6 Å². The number of methoxy groups -OCH3 is 2. The zero-order valence-electron chi connectivity index (χ0n) is 19.1. The normalized spacial score (nSPS) is 11.2. The maximum atomic E-state index is 11.8. The Bertz CT molecular complexity index is 864. The summed E-state index contributed by atoms with van der Waals surface area (Å²) >= 11 is 0. The van der Waals surface area contributed by atoms with Gasteiger partial charge in [-0.15, -0.1) is 0 Å². The van der Waals surface area contributed by atoms with Crippen LogP contribution in [0.15, 0.2) is 47.5 Å². The molecule has 0 aliphatic rings. The zero-order chi connectivity index (χ0) is 22.6. The fraction of sp³-hybridized carbons (Fsp3) is 0.417. The molecule has 0 aromatic heterocycles. The highest BCUT2D eigenvalue weighted by molar-refractivity contribution is 5.92. The molecule has 0 bridgehead atoms. The quantitative estimate of drug-likeness (QED) is 0.399. The summed E-state index contributed by atoms with van der Waals surface area (Å²) in [6.45, 7) is 7.85. The molecule has 2 aromatic rings. The Kier molecular flexibility index (Phi) is 9.68. The summed E-state index contributed by atoms with van der Waals surface area (Å²) in [5.41, 5.74) is 3.02. The Morgan fingerprint density at radius 2 is 1.65 bits per heavy atom. The van der Waals surface area contributed by atoms with Crippen LogP contribution < -0.4 is 25.4 Å². The molecule has 0 saturated carbocycles. The van der Waals surface area contributed by atoms with Gasteiger partial charge in [-0.05, 0) is 48.7 Å². The number of nitrogens with one attached hydrogen (secondary N) is 3. The molecule has 0 aliphatic heterocycles. The maximum Gasteiger partial charge on any atom is 0.226 e. The third-order valence-electron chi connectivity index (χ3n) is 4.66. The highest BCUT2D eigenvalue weighted by Crippen LogP contribution is 2.27. The van der Waals surface area contributed by atoms with E-state index in [1.807, 2.05) is 63.2 Å². The minimum atomic E-state index is -0.0444. The third-order valence-corrected chi connectivity index (χ3v) is 4.66. The molecule has 7 heteroatoms. The van der Waals surface area contributed by atoms with Crippen molar-refractivity contribution in [1.82, 2.24) is 10.6 Å². The molecule has 2 aromatic carbocycles. The van der Waals surface area contributed by atoms with E-state index < -0.39 is 0 Å². The van der Waals surface area contributed by atoms with Gasteiger partial charge in [0.2, 0.25) is 5.91 Å². The summed E-state index contributed by atoms with van der Waals surface area (Å²) in [5, 5.41) is 9.53. The molecule has 7 nitrogen and oxygen atoms in total. The minimum absolute atomic E-state index is 0.0129. The molecule has 0 unspecified atom stereocenters. The first-order valence-corrected chi connectivity index (χ1v) is 10.6. The van der Waals surface area contributed by atoms with E-state index in [9.17, 15) is 4.79 Å². The highest BCUT2D eigenvalue weighted by atomic mass is 16.5. The van der Waals surface area contributed by atoms with Crippen LogP contribution in [0.1, 0.15) is 31.9 Å². The SMILES string of the molecule is CCNC(=NCc1ccc(NC(=O)C(C)C)cc1)NCCc1ccc(OC)c(OC)c1. The van der Waals surface area contributed by atoms with Crippen molar-refractivity contribution >= 4 is 17.6 Å². The number of hydrogen-bond acceptors (Lipinski definition) is 4. The van der Waals surface area contributed by atoms with E-state index in [1.54, 1.807) is 14.2 Å². The van der Waals surface area contributed by atoms with Gasteiger partial charge in [-0.25, -0.2) is 4.99 Å². The van der Waals surface area contributed by atoms with Gasteiger partial charge in [0.1, 0.15) is 0 Å². The highest BCUT2D eigenvalue weighted by Gasteiger charge is 2.07. The molecule has 0 spiro atoms. The van der Waals surface area contributed by atoms with Gasteiger partial charge in [0.05, 0.1) is 20.8 Å². The average Bonchev–Trinajstić information content (AvgIpc) is 2.78. The molecule has 0 saturated heterocycles. The number of aliphatic imine (C=N–C) groups is 1. The second kappa shape index (κ2) is 12.5. The van der Waals surface area contributed by atoms with Crippen LogP contribution in [-0.2, 0) is 17.8 Å². The summed E-state index contributed by atoms with van der Waals surface area (Å²) < 4.78 is 10.7. The van der Waals surface area contributed by atoms with Crippen LogP contribution in [0.5, 0.6) is 11.5 Å². The van der Waals surface area contributed by atoms with Crippen LogP contribution in [0.4, 0.5) is 5.69 Å². The van der Waals surface area contributed by atoms with Crippen LogP contribution in [0.25, 0.3) is 0 Å². The first kappa shape index (κ1) is 24.1. The molecule has 0 fully saturated rings. The van der Waals surface area contributed by atoms with E-state index >= 15 is 0 Å². The smallest absolute Gasteiger partial charge is 0.226 e. The molecule has 168 valence electrons. The van der Waals surface area contributed by atoms with Crippen LogP contribution in [0, 0.1) is 5.92 Å². The number of guanidine groups is 1. The first-order valence-electron chi connectivity index (χ1n) is 10.6. The largest absolute Gasteiger partial charge is 0.493 e. The number of hydrogen-bond donors (Lipinski definition) is 3.